The van der Waals surface area contributed by atoms with E-state index in [0.717, 1.165) is 12.8 Å². The van der Waals surface area contributed by atoms with Crippen molar-refractivity contribution in [2.75, 3.05) is 0 Å². The SMILES string of the molecule is CC(C)=CCC/C(C)=C/C1OC(C)C(C)O1. The van der Waals surface area contributed by atoms with Gasteiger partial charge in [0, 0.05) is 0 Å². The van der Waals surface area contributed by atoms with Crippen LogP contribution in [0.4, 0.5) is 0 Å². The number of rotatable bonds is 4. The molecule has 2 heteroatoms. The van der Waals surface area contributed by atoms with Crippen LogP contribution in [0.15, 0.2) is 23.3 Å². The van der Waals surface area contributed by atoms with Gasteiger partial charge in [0.15, 0.2) is 6.29 Å². The quantitative estimate of drug-likeness (QED) is 0.676. The number of allylic oxidation sites excluding steroid dienone is 3. The summed E-state index contributed by atoms with van der Waals surface area (Å²) in [7, 11) is 0. The summed E-state index contributed by atoms with van der Waals surface area (Å²) in [6, 6.07) is 0. The molecule has 92 valence electrons. The minimum Gasteiger partial charge on any atom is -0.343 e. The van der Waals surface area contributed by atoms with Crippen molar-refractivity contribution in [3.05, 3.63) is 23.3 Å². The van der Waals surface area contributed by atoms with Gasteiger partial charge >= 0.3 is 0 Å². The zero-order valence-electron chi connectivity index (χ0n) is 11.1. The van der Waals surface area contributed by atoms with E-state index in [-0.39, 0.29) is 18.5 Å². The fraction of sp³-hybridized carbons (Fsp3) is 0.714. The summed E-state index contributed by atoms with van der Waals surface area (Å²) in [4.78, 5) is 0. The molecule has 0 aliphatic carbocycles. The van der Waals surface area contributed by atoms with E-state index in [4.69, 9.17) is 9.47 Å². The van der Waals surface area contributed by atoms with Crippen molar-refractivity contribution in [1.29, 1.82) is 0 Å². The largest absolute Gasteiger partial charge is 0.343 e. The lowest BCUT2D eigenvalue weighted by Crippen LogP contribution is -2.13. The van der Waals surface area contributed by atoms with E-state index in [9.17, 15) is 0 Å². The van der Waals surface area contributed by atoms with Crippen molar-refractivity contribution in [2.45, 2.75) is 66.0 Å². The molecule has 16 heavy (non-hydrogen) atoms. The zero-order valence-corrected chi connectivity index (χ0v) is 11.1. The average molecular weight is 224 g/mol. The van der Waals surface area contributed by atoms with Crippen molar-refractivity contribution >= 4 is 0 Å². The highest BCUT2D eigenvalue weighted by Gasteiger charge is 2.27. The Hall–Kier alpha value is -0.600. The molecule has 1 aliphatic rings. The highest BCUT2D eigenvalue weighted by Crippen LogP contribution is 2.21. The summed E-state index contributed by atoms with van der Waals surface area (Å²) >= 11 is 0. The Morgan fingerprint density at radius 2 is 1.62 bits per heavy atom. The molecule has 1 saturated heterocycles. The smallest absolute Gasteiger partial charge is 0.177 e. The zero-order chi connectivity index (χ0) is 12.1. The lowest BCUT2D eigenvalue weighted by atomic mass is 10.1. The lowest BCUT2D eigenvalue weighted by Gasteiger charge is -2.06. The van der Waals surface area contributed by atoms with Gasteiger partial charge in [-0.2, -0.15) is 0 Å². The van der Waals surface area contributed by atoms with Crippen LogP contribution in [0.3, 0.4) is 0 Å². The van der Waals surface area contributed by atoms with Crippen molar-refractivity contribution < 1.29 is 9.47 Å². The van der Waals surface area contributed by atoms with E-state index >= 15 is 0 Å². The first kappa shape index (κ1) is 13.5. The Morgan fingerprint density at radius 1 is 1.06 bits per heavy atom. The molecule has 0 bridgehead atoms. The molecular formula is C14H24O2. The van der Waals surface area contributed by atoms with Gasteiger partial charge in [-0.1, -0.05) is 17.2 Å². The monoisotopic (exact) mass is 224 g/mol. The summed E-state index contributed by atoms with van der Waals surface area (Å²) in [5.41, 5.74) is 2.72. The predicted molar refractivity (Wildman–Crippen MR) is 67.3 cm³/mol. The van der Waals surface area contributed by atoms with E-state index < -0.39 is 0 Å². The molecule has 2 atom stereocenters. The first-order valence-corrected chi connectivity index (χ1v) is 6.10. The first-order valence-electron chi connectivity index (χ1n) is 6.10. The van der Waals surface area contributed by atoms with Gasteiger partial charge < -0.3 is 9.47 Å². The molecule has 0 spiro atoms. The third-order valence-electron chi connectivity index (χ3n) is 2.87. The first-order chi connectivity index (χ1) is 7.49. The molecule has 2 nitrogen and oxygen atoms in total. The van der Waals surface area contributed by atoms with Gasteiger partial charge in [-0.05, 0) is 53.5 Å². The Kier molecular flexibility index (Phi) is 5.23. The van der Waals surface area contributed by atoms with Gasteiger partial charge in [0.25, 0.3) is 0 Å². The third-order valence-corrected chi connectivity index (χ3v) is 2.87. The van der Waals surface area contributed by atoms with E-state index in [2.05, 4.69) is 46.8 Å². The van der Waals surface area contributed by atoms with Gasteiger partial charge in [-0.3, -0.25) is 0 Å². The maximum absolute atomic E-state index is 5.66. The number of ether oxygens (including phenoxy) is 2. The summed E-state index contributed by atoms with van der Waals surface area (Å²) in [6.45, 7) is 10.5. The van der Waals surface area contributed by atoms with Gasteiger partial charge in [0.1, 0.15) is 0 Å². The summed E-state index contributed by atoms with van der Waals surface area (Å²) in [6.07, 6.45) is 6.80. The molecule has 0 amide bonds. The van der Waals surface area contributed by atoms with Crippen LogP contribution in [0.25, 0.3) is 0 Å². The normalized spacial score (nSPS) is 30.6. The van der Waals surface area contributed by atoms with Gasteiger partial charge in [-0.15, -0.1) is 0 Å². The van der Waals surface area contributed by atoms with Crippen LogP contribution in [0, 0.1) is 0 Å². The van der Waals surface area contributed by atoms with Crippen molar-refractivity contribution in [2.24, 2.45) is 0 Å². The second-order valence-electron chi connectivity index (χ2n) is 4.88. The molecule has 0 N–H and O–H groups in total. The molecule has 0 radical (unpaired) electrons. The minimum absolute atomic E-state index is 0.142. The van der Waals surface area contributed by atoms with Gasteiger partial charge in [0.05, 0.1) is 12.2 Å². The highest BCUT2D eigenvalue weighted by atomic mass is 16.7. The molecule has 0 aromatic carbocycles. The van der Waals surface area contributed by atoms with Crippen LogP contribution in [0.2, 0.25) is 0 Å². The van der Waals surface area contributed by atoms with Crippen LogP contribution >= 0.6 is 0 Å². The molecule has 0 aromatic heterocycles. The van der Waals surface area contributed by atoms with E-state index in [0.29, 0.717) is 0 Å². The van der Waals surface area contributed by atoms with Crippen molar-refractivity contribution in [1.82, 2.24) is 0 Å². The molecule has 2 unspecified atom stereocenters. The highest BCUT2D eigenvalue weighted by molar-refractivity contribution is 5.04. The second kappa shape index (κ2) is 6.21. The van der Waals surface area contributed by atoms with E-state index in [1.54, 1.807) is 0 Å². The molecule has 0 saturated carbocycles. The summed E-state index contributed by atoms with van der Waals surface area (Å²) < 4.78 is 11.3. The fourth-order valence-corrected chi connectivity index (χ4v) is 1.66. The minimum atomic E-state index is -0.142. The van der Waals surface area contributed by atoms with Crippen LogP contribution in [0.5, 0.6) is 0 Å². The number of hydrogen-bond acceptors (Lipinski definition) is 2. The van der Waals surface area contributed by atoms with E-state index in [1.165, 1.54) is 11.1 Å². The summed E-state index contributed by atoms with van der Waals surface area (Å²) in [5, 5.41) is 0. The van der Waals surface area contributed by atoms with Gasteiger partial charge in [-0.25, -0.2) is 0 Å². The molecule has 1 rings (SSSR count). The molecule has 0 aromatic rings. The van der Waals surface area contributed by atoms with Crippen molar-refractivity contribution in [3.63, 3.8) is 0 Å². The maximum atomic E-state index is 5.66. The molecular weight excluding hydrogens is 200 g/mol. The van der Waals surface area contributed by atoms with Gasteiger partial charge in [0.2, 0.25) is 0 Å². The molecule has 1 fully saturated rings. The molecule has 1 heterocycles. The van der Waals surface area contributed by atoms with Crippen molar-refractivity contribution in [3.8, 4) is 0 Å². The average Bonchev–Trinajstić information content (AvgIpc) is 2.44. The van der Waals surface area contributed by atoms with Crippen LogP contribution < -0.4 is 0 Å². The predicted octanol–water partition coefficient (Wildman–Crippen LogP) is 3.83. The topological polar surface area (TPSA) is 18.5 Å². The maximum Gasteiger partial charge on any atom is 0.177 e. The van der Waals surface area contributed by atoms with Crippen LogP contribution in [0.1, 0.15) is 47.5 Å². The van der Waals surface area contributed by atoms with Crippen LogP contribution in [-0.2, 0) is 9.47 Å². The second-order valence-corrected chi connectivity index (χ2v) is 4.88. The Balaban J connectivity index is 2.36. The molecule has 1 aliphatic heterocycles. The standard InChI is InChI=1S/C14H24O2/c1-10(2)7-6-8-11(3)9-14-15-12(4)13(5)16-14/h7,9,12-14H,6,8H2,1-5H3/b11-9+. The van der Waals surface area contributed by atoms with E-state index in [1.807, 2.05) is 0 Å². The number of hydrogen-bond donors (Lipinski definition) is 0. The Labute approximate surface area is 99.3 Å². The fourth-order valence-electron chi connectivity index (χ4n) is 1.66. The van der Waals surface area contributed by atoms with Crippen LogP contribution in [-0.4, -0.2) is 18.5 Å². The lowest BCUT2D eigenvalue weighted by molar-refractivity contribution is -0.0249. The Morgan fingerprint density at radius 3 is 2.12 bits per heavy atom. The third kappa shape index (κ3) is 4.50. The Bertz CT molecular complexity index is 264. The summed E-state index contributed by atoms with van der Waals surface area (Å²) in [5.74, 6) is 0.